The molecule has 0 rings (SSSR count). The summed E-state index contributed by atoms with van der Waals surface area (Å²) in [5.74, 6) is 1.88. The summed E-state index contributed by atoms with van der Waals surface area (Å²) in [5, 5.41) is 0. The number of allylic oxidation sites excluding steroid dienone is 2. The van der Waals surface area contributed by atoms with E-state index < -0.39 is 0 Å². The minimum atomic E-state index is 0.502. The molecule has 0 aliphatic carbocycles. The molecule has 1 atom stereocenters. The van der Waals surface area contributed by atoms with Crippen LogP contribution in [-0.4, -0.2) is 0 Å². The zero-order valence-corrected chi connectivity index (χ0v) is 7.28. The van der Waals surface area contributed by atoms with Crippen molar-refractivity contribution in [2.75, 3.05) is 0 Å². The van der Waals surface area contributed by atoms with Gasteiger partial charge in [0.1, 0.15) is 0 Å². The molecule has 1 radical (unpaired) electrons. The van der Waals surface area contributed by atoms with E-state index in [2.05, 4.69) is 33.9 Å². The third-order valence-electron chi connectivity index (χ3n) is 1.97. The Labute approximate surface area is 64.6 Å². The molecule has 0 heteroatoms. The lowest BCUT2D eigenvalue weighted by molar-refractivity contribution is 0.687. The summed E-state index contributed by atoms with van der Waals surface area (Å²) in [4.78, 5) is 0. The van der Waals surface area contributed by atoms with E-state index in [-0.39, 0.29) is 0 Å². The topological polar surface area (TPSA) is 0 Å². The van der Waals surface area contributed by atoms with E-state index in [1.807, 2.05) is 6.08 Å². The Hall–Kier alpha value is -0.520. The van der Waals surface area contributed by atoms with Gasteiger partial charge in [-0.25, -0.2) is 0 Å². The molecule has 0 aromatic carbocycles. The van der Waals surface area contributed by atoms with Crippen LogP contribution in [0, 0.1) is 11.8 Å². The molecule has 0 aliphatic heterocycles. The third-order valence-corrected chi connectivity index (χ3v) is 1.97. The molecule has 0 saturated heterocycles. The van der Waals surface area contributed by atoms with Crippen LogP contribution in [0.15, 0.2) is 24.8 Å². The normalized spacial score (nSPS) is 13.2. The standard InChI is InChI=1S/C10H17/c1-6-10(7-2)9(5)8(3)4/h6,9H,1,3,7H2,2,4-5H3. The summed E-state index contributed by atoms with van der Waals surface area (Å²) < 4.78 is 0. The maximum atomic E-state index is 3.90. The van der Waals surface area contributed by atoms with Crippen LogP contribution in [0.5, 0.6) is 0 Å². The second-order valence-electron chi connectivity index (χ2n) is 2.70. The van der Waals surface area contributed by atoms with Crippen molar-refractivity contribution in [1.29, 1.82) is 0 Å². The van der Waals surface area contributed by atoms with Crippen LogP contribution in [0.1, 0.15) is 27.2 Å². The first-order valence-corrected chi connectivity index (χ1v) is 3.77. The van der Waals surface area contributed by atoms with E-state index in [0.717, 1.165) is 6.42 Å². The van der Waals surface area contributed by atoms with Crippen molar-refractivity contribution in [1.82, 2.24) is 0 Å². The molecule has 0 amide bonds. The maximum Gasteiger partial charge on any atom is 0.00353 e. The maximum absolute atomic E-state index is 3.90. The van der Waals surface area contributed by atoms with Crippen LogP contribution in [0.4, 0.5) is 0 Å². The molecule has 57 valence electrons. The average molecular weight is 137 g/mol. The number of rotatable bonds is 4. The molecular formula is C10H17. The Balaban J connectivity index is 4.00. The Morgan fingerprint density at radius 2 is 2.10 bits per heavy atom. The smallest absolute Gasteiger partial charge is 0.00353 e. The molecule has 0 aromatic rings. The second-order valence-corrected chi connectivity index (χ2v) is 2.70. The van der Waals surface area contributed by atoms with Gasteiger partial charge in [-0.1, -0.05) is 32.1 Å². The summed E-state index contributed by atoms with van der Waals surface area (Å²) in [7, 11) is 0. The first kappa shape index (κ1) is 9.48. The first-order chi connectivity index (χ1) is 4.63. The number of hydrogen-bond donors (Lipinski definition) is 0. The highest BCUT2D eigenvalue weighted by Gasteiger charge is 2.11. The lowest BCUT2D eigenvalue weighted by Crippen LogP contribution is -2.05. The fraction of sp³-hybridized carbons (Fsp3) is 0.500. The van der Waals surface area contributed by atoms with E-state index in [4.69, 9.17) is 0 Å². The van der Waals surface area contributed by atoms with Crippen LogP contribution < -0.4 is 0 Å². The first-order valence-electron chi connectivity index (χ1n) is 3.77. The SMILES string of the molecule is C=C[C](CC)C(C)C(=C)C. The quantitative estimate of drug-likeness (QED) is 0.521. The molecule has 0 nitrogen and oxygen atoms in total. The Morgan fingerprint density at radius 1 is 1.60 bits per heavy atom. The van der Waals surface area contributed by atoms with Crippen molar-refractivity contribution in [2.45, 2.75) is 27.2 Å². The average Bonchev–Trinajstić information content (AvgIpc) is 1.90. The van der Waals surface area contributed by atoms with E-state index in [1.165, 1.54) is 11.5 Å². The van der Waals surface area contributed by atoms with Gasteiger partial charge in [-0.15, -0.1) is 6.58 Å². The largest absolute Gasteiger partial charge is 0.102 e. The molecule has 0 N–H and O–H groups in total. The Kier molecular flexibility index (Phi) is 4.10. The summed E-state index contributed by atoms with van der Waals surface area (Å²) >= 11 is 0. The zero-order chi connectivity index (χ0) is 8.15. The van der Waals surface area contributed by atoms with Crippen molar-refractivity contribution in [3.8, 4) is 0 Å². The summed E-state index contributed by atoms with van der Waals surface area (Å²) in [6.07, 6.45) is 3.02. The van der Waals surface area contributed by atoms with Gasteiger partial charge in [0.2, 0.25) is 0 Å². The monoisotopic (exact) mass is 137 g/mol. The molecule has 10 heavy (non-hydrogen) atoms. The van der Waals surface area contributed by atoms with Gasteiger partial charge in [0.25, 0.3) is 0 Å². The van der Waals surface area contributed by atoms with E-state index in [9.17, 15) is 0 Å². The summed E-state index contributed by atoms with van der Waals surface area (Å²) in [6, 6.07) is 0. The van der Waals surface area contributed by atoms with Crippen LogP contribution >= 0.6 is 0 Å². The Bertz CT molecular complexity index is 122. The highest BCUT2D eigenvalue weighted by atomic mass is 14.2. The predicted octanol–water partition coefficient (Wildman–Crippen LogP) is 3.37. The fourth-order valence-electron chi connectivity index (χ4n) is 0.944. The highest BCUT2D eigenvalue weighted by Crippen LogP contribution is 2.24. The van der Waals surface area contributed by atoms with E-state index >= 15 is 0 Å². The minimum Gasteiger partial charge on any atom is -0.102 e. The van der Waals surface area contributed by atoms with Crippen LogP contribution in [0.2, 0.25) is 0 Å². The molecule has 0 aliphatic rings. The van der Waals surface area contributed by atoms with Crippen LogP contribution in [-0.2, 0) is 0 Å². The summed E-state index contributed by atoms with van der Waals surface area (Å²) in [6.45, 7) is 14.0. The van der Waals surface area contributed by atoms with Gasteiger partial charge in [-0.3, -0.25) is 0 Å². The van der Waals surface area contributed by atoms with Gasteiger partial charge in [0.05, 0.1) is 0 Å². The van der Waals surface area contributed by atoms with Gasteiger partial charge >= 0.3 is 0 Å². The van der Waals surface area contributed by atoms with Gasteiger partial charge in [0.15, 0.2) is 0 Å². The highest BCUT2D eigenvalue weighted by molar-refractivity contribution is 5.17. The second kappa shape index (κ2) is 4.32. The number of hydrogen-bond acceptors (Lipinski definition) is 0. The van der Waals surface area contributed by atoms with E-state index in [1.54, 1.807) is 0 Å². The van der Waals surface area contributed by atoms with Gasteiger partial charge in [-0.05, 0) is 19.3 Å². The lowest BCUT2D eigenvalue weighted by atomic mass is 9.87. The minimum absolute atomic E-state index is 0.502. The van der Waals surface area contributed by atoms with E-state index in [0.29, 0.717) is 5.92 Å². The van der Waals surface area contributed by atoms with Gasteiger partial charge < -0.3 is 0 Å². The molecule has 0 bridgehead atoms. The van der Waals surface area contributed by atoms with Crippen molar-refractivity contribution in [2.24, 2.45) is 5.92 Å². The van der Waals surface area contributed by atoms with Gasteiger partial charge in [0, 0.05) is 5.92 Å². The van der Waals surface area contributed by atoms with Crippen LogP contribution in [0.3, 0.4) is 0 Å². The molecule has 0 heterocycles. The zero-order valence-electron chi connectivity index (χ0n) is 7.28. The Morgan fingerprint density at radius 3 is 2.20 bits per heavy atom. The molecule has 1 unspecified atom stereocenters. The van der Waals surface area contributed by atoms with Crippen LogP contribution in [0.25, 0.3) is 0 Å². The fourth-order valence-corrected chi connectivity index (χ4v) is 0.944. The van der Waals surface area contributed by atoms with Crippen molar-refractivity contribution >= 4 is 0 Å². The molecule has 0 fully saturated rings. The van der Waals surface area contributed by atoms with Crippen molar-refractivity contribution in [3.05, 3.63) is 30.7 Å². The van der Waals surface area contributed by atoms with Crippen molar-refractivity contribution in [3.63, 3.8) is 0 Å². The molecule has 0 aromatic heterocycles. The lowest BCUT2D eigenvalue weighted by Gasteiger charge is -2.17. The third kappa shape index (κ3) is 2.38. The molecule has 0 spiro atoms. The van der Waals surface area contributed by atoms with Crippen molar-refractivity contribution < 1.29 is 0 Å². The molecular weight excluding hydrogens is 120 g/mol. The summed E-state index contributed by atoms with van der Waals surface area (Å²) in [5.41, 5.74) is 1.22. The predicted molar refractivity (Wildman–Crippen MR) is 47.7 cm³/mol. The molecule has 0 saturated carbocycles. The van der Waals surface area contributed by atoms with Gasteiger partial charge in [-0.2, -0.15) is 0 Å².